The number of hydrogen-bond donors (Lipinski definition) is 2. The molecule has 192 valence electrons. The Morgan fingerprint density at radius 1 is 1.00 bits per heavy atom. The zero-order valence-electron chi connectivity index (χ0n) is 21.4. The maximum Gasteiger partial charge on any atom is 0.306 e. The first kappa shape index (κ1) is 26.1. The molecule has 1 amide bonds. The van der Waals surface area contributed by atoms with Gasteiger partial charge in [0.2, 0.25) is 0 Å². The van der Waals surface area contributed by atoms with Crippen molar-refractivity contribution >= 4 is 34.5 Å². The number of esters is 1. The summed E-state index contributed by atoms with van der Waals surface area (Å²) in [6.07, 6.45) is 1.72. The van der Waals surface area contributed by atoms with E-state index in [4.69, 9.17) is 4.74 Å². The number of rotatable bonds is 10. The van der Waals surface area contributed by atoms with E-state index in [-0.39, 0.29) is 18.3 Å². The standard InChI is InChI=1S/C30H32FN3O3/c1-4-37-27(35)15-10-21-6-5-7-22(18-21)29(28-25-14-11-23(31)19-26(25)33-30(28)36)32-24-12-8-20(9-13-24)16-17-34(2)3/h5-9,11-14,18-19,32H,4,10,15-17H2,1-3H3,(H,33,36)/b29-28-. The molecule has 0 fully saturated rings. The third-order valence-electron chi connectivity index (χ3n) is 6.19. The smallest absolute Gasteiger partial charge is 0.306 e. The molecule has 3 aromatic carbocycles. The van der Waals surface area contributed by atoms with Gasteiger partial charge >= 0.3 is 5.97 Å². The third-order valence-corrected chi connectivity index (χ3v) is 6.19. The Hall–Kier alpha value is -3.97. The molecule has 6 nitrogen and oxygen atoms in total. The molecule has 1 heterocycles. The summed E-state index contributed by atoms with van der Waals surface area (Å²) in [6.45, 7) is 3.09. The predicted molar refractivity (Wildman–Crippen MR) is 146 cm³/mol. The van der Waals surface area contributed by atoms with E-state index in [1.165, 1.54) is 17.7 Å². The molecular formula is C30H32FN3O3. The van der Waals surface area contributed by atoms with Crippen LogP contribution in [0.25, 0.3) is 11.3 Å². The van der Waals surface area contributed by atoms with Crippen molar-refractivity contribution in [2.45, 2.75) is 26.2 Å². The minimum absolute atomic E-state index is 0.245. The summed E-state index contributed by atoms with van der Waals surface area (Å²) in [5, 5.41) is 6.24. The van der Waals surface area contributed by atoms with Crippen molar-refractivity contribution < 1.29 is 18.7 Å². The SMILES string of the molecule is CCOC(=O)CCc1cccc(/C(Nc2ccc(CCN(C)C)cc2)=C2/C(=O)Nc3cc(F)ccc32)c1. The second-order valence-electron chi connectivity index (χ2n) is 9.27. The quantitative estimate of drug-likeness (QED) is 0.289. The first-order chi connectivity index (χ1) is 17.8. The average Bonchev–Trinajstić information content (AvgIpc) is 3.20. The molecule has 1 aliphatic heterocycles. The van der Waals surface area contributed by atoms with Crippen molar-refractivity contribution in [3.63, 3.8) is 0 Å². The molecule has 0 saturated heterocycles. The lowest BCUT2D eigenvalue weighted by molar-refractivity contribution is -0.143. The summed E-state index contributed by atoms with van der Waals surface area (Å²) in [5.41, 5.74) is 5.91. The Morgan fingerprint density at radius 3 is 2.51 bits per heavy atom. The van der Waals surface area contributed by atoms with Crippen LogP contribution < -0.4 is 10.6 Å². The number of aryl methyl sites for hydroxylation is 1. The van der Waals surface area contributed by atoms with Crippen molar-refractivity contribution in [2.75, 3.05) is 37.9 Å². The highest BCUT2D eigenvalue weighted by Crippen LogP contribution is 2.38. The third kappa shape index (κ3) is 6.62. The van der Waals surface area contributed by atoms with Gasteiger partial charge in [0.05, 0.1) is 23.6 Å². The monoisotopic (exact) mass is 501 g/mol. The predicted octanol–water partition coefficient (Wildman–Crippen LogP) is 5.36. The Balaban J connectivity index is 1.71. The lowest BCUT2D eigenvalue weighted by atomic mass is 9.97. The van der Waals surface area contributed by atoms with Crippen molar-refractivity contribution in [3.8, 4) is 0 Å². The zero-order valence-corrected chi connectivity index (χ0v) is 21.4. The summed E-state index contributed by atoms with van der Waals surface area (Å²) in [7, 11) is 4.09. The number of halogens is 1. The van der Waals surface area contributed by atoms with E-state index in [1.54, 1.807) is 13.0 Å². The van der Waals surface area contributed by atoms with Crippen LogP contribution in [0.2, 0.25) is 0 Å². The van der Waals surface area contributed by atoms with Crippen LogP contribution in [0.4, 0.5) is 15.8 Å². The number of nitrogens with zero attached hydrogens (tertiary/aromatic N) is 1. The normalized spacial score (nSPS) is 13.8. The summed E-state index contributed by atoms with van der Waals surface area (Å²) in [5.74, 6) is -0.961. The summed E-state index contributed by atoms with van der Waals surface area (Å²) in [4.78, 5) is 27.1. The van der Waals surface area contributed by atoms with E-state index in [0.717, 1.165) is 29.8 Å². The molecule has 0 atom stereocenters. The Kier molecular flexibility index (Phi) is 8.36. The molecule has 0 aliphatic carbocycles. The van der Waals surface area contributed by atoms with Crippen molar-refractivity contribution in [1.82, 2.24) is 4.90 Å². The Morgan fingerprint density at radius 2 is 1.78 bits per heavy atom. The molecule has 37 heavy (non-hydrogen) atoms. The minimum Gasteiger partial charge on any atom is -0.466 e. The van der Waals surface area contributed by atoms with Gasteiger partial charge in [0.25, 0.3) is 5.91 Å². The van der Waals surface area contributed by atoms with Gasteiger partial charge in [-0.2, -0.15) is 0 Å². The molecule has 4 rings (SSSR count). The van der Waals surface area contributed by atoms with E-state index in [1.807, 2.05) is 50.5 Å². The van der Waals surface area contributed by atoms with Crippen LogP contribution in [0.15, 0.2) is 66.7 Å². The number of ether oxygens (including phenoxy) is 1. The topological polar surface area (TPSA) is 70.7 Å². The van der Waals surface area contributed by atoms with E-state index >= 15 is 0 Å². The number of benzene rings is 3. The van der Waals surface area contributed by atoms with Gasteiger partial charge in [-0.25, -0.2) is 4.39 Å². The van der Waals surface area contributed by atoms with Crippen LogP contribution in [-0.2, 0) is 27.2 Å². The fourth-order valence-corrected chi connectivity index (χ4v) is 4.29. The summed E-state index contributed by atoms with van der Waals surface area (Å²) < 4.78 is 18.9. The second kappa shape index (κ2) is 11.8. The molecule has 2 N–H and O–H groups in total. The van der Waals surface area contributed by atoms with Gasteiger partial charge in [0, 0.05) is 24.2 Å². The van der Waals surface area contributed by atoms with E-state index in [0.29, 0.717) is 35.5 Å². The lowest BCUT2D eigenvalue weighted by Gasteiger charge is -2.16. The molecule has 0 aromatic heterocycles. The number of likely N-dealkylation sites (N-methyl/N-ethyl adjacent to an activating group) is 1. The van der Waals surface area contributed by atoms with Crippen LogP contribution >= 0.6 is 0 Å². The maximum atomic E-state index is 13.9. The molecular weight excluding hydrogens is 469 g/mol. The van der Waals surface area contributed by atoms with Crippen LogP contribution in [0, 0.1) is 5.82 Å². The highest BCUT2D eigenvalue weighted by Gasteiger charge is 2.29. The zero-order chi connectivity index (χ0) is 26.4. The number of fused-ring (bicyclic) bond motifs is 1. The summed E-state index contributed by atoms with van der Waals surface area (Å²) >= 11 is 0. The van der Waals surface area contributed by atoms with Gasteiger partial charge in [-0.3, -0.25) is 9.59 Å². The number of nitrogens with one attached hydrogen (secondary N) is 2. The van der Waals surface area contributed by atoms with Crippen LogP contribution in [-0.4, -0.2) is 44.0 Å². The van der Waals surface area contributed by atoms with Gasteiger partial charge in [-0.15, -0.1) is 0 Å². The number of carbonyl (C=O) groups is 2. The van der Waals surface area contributed by atoms with E-state index in [2.05, 4.69) is 27.7 Å². The number of hydrogen-bond acceptors (Lipinski definition) is 5. The van der Waals surface area contributed by atoms with Crippen LogP contribution in [0.1, 0.15) is 35.6 Å². The molecule has 0 spiro atoms. The first-order valence-electron chi connectivity index (χ1n) is 12.4. The minimum atomic E-state index is -0.413. The highest BCUT2D eigenvalue weighted by molar-refractivity contribution is 6.37. The second-order valence-corrected chi connectivity index (χ2v) is 9.27. The fraction of sp³-hybridized carbons (Fsp3) is 0.267. The van der Waals surface area contributed by atoms with Crippen molar-refractivity contribution in [2.24, 2.45) is 0 Å². The Bertz CT molecular complexity index is 1320. The van der Waals surface area contributed by atoms with Crippen LogP contribution in [0.5, 0.6) is 0 Å². The van der Waals surface area contributed by atoms with E-state index in [9.17, 15) is 14.0 Å². The number of amides is 1. The van der Waals surface area contributed by atoms with Crippen molar-refractivity contribution in [3.05, 3.63) is 94.8 Å². The largest absolute Gasteiger partial charge is 0.466 e. The highest BCUT2D eigenvalue weighted by atomic mass is 19.1. The van der Waals surface area contributed by atoms with Gasteiger partial charge in [0.1, 0.15) is 5.82 Å². The number of anilines is 2. The van der Waals surface area contributed by atoms with Gasteiger partial charge < -0.3 is 20.3 Å². The number of carbonyl (C=O) groups excluding carboxylic acids is 2. The Labute approximate surface area is 217 Å². The van der Waals surface area contributed by atoms with Gasteiger partial charge in [-0.05, 0) is 86.9 Å². The molecule has 1 aliphatic rings. The first-order valence-corrected chi connectivity index (χ1v) is 12.4. The summed E-state index contributed by atoms with van der Waals surface area (Å²) in [6, 6.07) is 20.2. The molecule has 3 aromatic rings. The van der Waals surface area contributed by atoms with E-state index < -0.39 is 5.82 Å². The molecule has 0 radical (unpaired) electrons. The maximum absolute atomic E-state index is 13.9. The molecule has 0 unspecified atom stereocenters. The van der Waals surface area contributed by atoms with Gasteiger partial charge in [-0.1, -0.05) is 30.3 Å². The molecule has 0 saturated carbocycles. The molecule has 0 bridgehead atoms. The lowest BCUT2D eigenvalue weighted by Crippen LogP contribution is -2.15. The van der Waals surface area contributed by atoms with Crippen LogP contribution in [0.3, 0.4) is 0 Å². The fourth-order valence-electron chi connectivity index (χ4n) is 4.29. The molecule has 7 heteroatoms. The average molecular weight is 502 g/mol. The van der Waals surface area contributed by atoms with Gasteiger partial charge in [0.15, 0.2) is 0 Å². The van der Waals surface area contributed by atoms with Crippen molar-refractivity contribution in [1.29, 1.82) is 0 Å².